The number of halogens is 3. The van der Waals surface area contributed by atoms with E-state index >= 15 is 0 Å². The highest BCUT2D eigenvalue weighted by atomic mass is 19.4. The molecular formula is C20H24F3N3O2. The van der Waals surface area contributed by atoms with Gasteiger partial charge in [-0.3, -0.25) is 14.5 Å². The summed E-state index contributed by atoms with van der Waals surface area (Å²) in [6.07, 6.45) is -4.45. The van der Waals surface area contributed by atoms with Gasteiger partial charge in [0.15, 0.2) is 5.78 Å². The molecule has 1 aromatic heterocycles. The van der Waals surface area contributed by atoms with Crippen molar-refractivity contribution in [2.24, 2.45) is 5.73 Å². The SMILES string of the molecule is Cc1cc(C(=O)CN(CC(N)=O)C(C)C)c(C)n1-c1cccc(C(F)(F)F)c1. The predicted molar refractivity (Wildman–Crippen MR) is 100 cm³/mol. The number of alkyl halides is 3. The lowest BCUT2D eigenvalue weighted by Crippen LogP contribution is -2.41. The number of amides is 1. The number of Topliss-reactive ketones (excluding diaryl/α,β-unsaturated/α-hetero) is 1. The minimum absolute atomic E-state index is 0.00646. The Balaban J connectivity index is 2.38. The van der Waals surface area contributed by atoms with E-state index in [4.69, 9.17) is 5.73 Å². The molecule has 0 fully saturated rings. The summed E-state index contributed by atoms with van der Waals surface area (Å²) in [6.45, 7) is 7.06. The van der Waals surface area contributed by atoms with E-state index in [0.717, 1.165) is 12.1 Å². The van der Waals surface area contributed by atoms with Gasteiger partial charge in [-0.2, -0.15) is 13.2 Å². The zero-order chi connectivity index (χ0) is 21.2. The number of primary amides is 1. The Morgan fingerprint density at radius 2 is 1.79 bits per heavy atom. The number of carbonyl (C=O) groups is 2. The van der Waals surface area contributed by atoms with Gasteiger partial charge >= 0.3 is 6.18 Å². The number of nitrogens with zero attached hydrogens (tertiary/aromatic N) is 2. The standard InChI is InChI=1S/C20H24F3N3O2/c1-12(2)25(11-19(24)28)10-18(27)17-8-13(3)26(14(17)4)16-7-5-6-15(9-16)20(21,22)23/h5-9,12H,10-11H2,1-4H3,(H2,24,28). The first-order valence-electron chi connectivity index (χ1n) is 8.84. The molecule has 1 amide bonds. The average molecular weight is 395 g/mol. The number of nitrogens with two attached hydrogens (primary N) is 1. The van der Waals surface area contributed by atoms with Gasteiger partial charge in [-0.1, -0.05) is 6.07 Å². The van der Waals surface area contributed by atoms with Gasteiger partial charge < -0.3 is 10.3 Å². The minimum Gasteiger partial charge on any atom is -0.369 e. The summed E-state index contributed by atoms with van der Waals surface area (Å²) < 4.78 is 40.7. The van der Waals surface area contributed by atoms with Crippen LogP contribution in [0.2, 0.25) is 0 Å². The third kappa shape index (κ3) is 4.81. The second kappa shape index (κ2) is 8.18. The average Bonchev–Trinajstić information content (AvgIpc) is 2.87. The highest BCUT2D eigenvalue weighted by molar-refractivity contribution is 5.99. The van der Waals surface area contributed by atoms with Crippen molar-refractivity contribution in [2.75, 3.05) is 13.1 Å². The quantitative estimate of drug-likeness (QED) is 0.730. The second-order valence-electron chi connectivity index (χ2n) is 7.06. The monoisotopic (exact) mass is 395 g/mol. The highest BCUT2D eigenvalue weighted by Gasteiger charge is 2.31. The van der Waals surface area contributed by atoms with Crippen molar-refractivity contribution >= 4 is 11.7 Å². The Kier molecular flexibility index (Phi) is 6.34. The molecule has 0 aliphatic heterocycles. The fraction of sp³-hybridized carbons (Fsp3) is 0.400. The number of ketones is 1. The van der Waals surface area contributed by atoms with Crippen LogP contribution in [0.4, 0.5) is 13.2 Å². The van der Waals surface area contributed by atoms with Crippen LogP contribution in [0.3, 0.4) is 0 Å². The first-order valence-corrected chi connectivity index (χ1v) is 8.84. The lowest BCUT2D eigenvalue weighted by Gasteiger charge is -2.24. The third-order valence-electron chi connectivity index (χ3n) is 4.60. The molecule has 0 atom stereocenters. The molecule has 0 radical (unpaired) electrons. The summed E-state index contributed by atoms with van der Waals surface area (Å²) >= 11 is 0. The first-order chi connectivity index (χ1) is 12.9. The first kappa shape index (κ1) is 21.7. The van der Waals surface area contributed by atoms with Crippen LogP contribution >= 0.6 is 0 Å². The molecule has 0 unspecified atom stereocenters. The van der Waals surface area contributed by atoms with E-state index in [0.29, 0.717) is 22.6 Å². The number of hydrogen-bond acceptors (Lipinski definition) is 3. The number of rotatable bonds is 7. The number of benzene rings is 1. The van der Waals surface area contributed by atoms with Crippen molar-refractivity contribution in [1.29, 1.82) is 0 Å². The van der Waals surface area contributed by atoms with E-state index in [1.807, 2.05) is 13.8 Å². The third-order valence-corrected chi connectivity index (χ3v) is 4.60. The summed E-state index contributed by atoms with van der Waals surface area (Å²) in [5, 5.41) is 0. The zero-order valence-corrected chi connectivity index (χ0v) is 16.3. The van der Waals surface area contributed by atoms with Crippen LogP contribution in [-0.4, -0.2) is 40.3 Å². The number of carbonyl (C=O) groups excluding carboxylic acids is 2. The van der Waals surface area contributed by atoms with Crippen molar-refractivity contribution in [1.82, 2.24) is 9.47 Å². The molecule has 28 heavy (non-hydrogen) atoms. The molecule has 8 heteroatoms. The Bertz CT molecular complexity index is 885. The molecule has 2 N–H and O–H groups in total. The van der Waals surface area contributed by atoms with Gasteiger partial charge in [-0.05, 0) is 52.0 Å². The molecule has 5 nitrogen and oxygen atoms in total. The molecule has 0 saturated carbocycles. The molecule has 2 aromatic rings. The van der Waals surface area contributed by atoms with E-state index in [1.165, 1.54) is 6.07 Å². The molecule has 0 saturated heterocycles. The summed E-state index contributed by atoms with van der Waals surface area (Å²) in [7, 11) is 0. The van der Waals surface area contributed by atoms with Crippen molar-refractivity contribution in [3.8, 4) is 5.69 Å². The zero-order valence-electron chi connectivity index (χ0n) is 16.3. The van der Waals surface area contributed by atoms with E-state index in [1.54, 1.807) is 35.4 Å². The van der Waals surface area contributed by atoms with E-state index < -0.39 is 17.6 Å². The molecule has 1 aromatic carbocycles. The minimum atomic E-state index is -4.45. The van der Waals surface area contributed by atoms with Gasteiger partial charge in [0.25, 0.3) is 0 Å². The van der Waals surface area contributed by atoms with Crippen LogP contribution in [0.15, 0.2) is 30.3 Å². The smallest absolute Gasteiger partial charge is 0.369 e. The van der Waals surface area contributed by atoms with E-state index in [9.17, 15) is 22.8 Å². The van der Waals surface area contributed by atoms with Crippen molar-refractivity contribution in [3.63, 3.8) is 0 Å². The Morgan fingerprint density at radius 3 is 2.32 bits per heavy atom. The Labute approximate surface area is 161 Å². The van der Waals surface area contributed by atoms with Gasteiger partial charge in [-0.15, -0.1) is 0 Å². The Hall–Kier alpha value is -2.61. The van der Waals surface area contributed by atoms with Crippen LogP contribution in [0.25, 0.3) is 5.69 Å². The van der Waals surface area contributed by atoms with Crippen molar-refractivity contribution in [2.45, 2.75) is 39.9 Å². The number of aromatic nitrogens is 1. The topological polar surface area (TPSA) is 68.3 Å². The summed E-state index contributed by atoms with van der Waals surface area (Å²) in [4.78, 5) is 25.7. The maximum Gasteiger partial charge on any atom is 0.416 e. The number of hydrogen-bond donors (Lipinski definition) is 1. The molecule has 152 valence electrons. The van der Waals surface area contributed by atoms with Crippen LogP contribution in [0.1, 0.15) is 41.2 Å². The van der Waals surface area contributed by atoms with Crippen LogP contribution in [0, 0.1) is 13.8 Å². The van der Waals surface area contributed by atoms with Crippen LogP contribution in [-0.2, 0) is 11.0 Å². The maximum atomic E-state index is 13.0. The second-order valence-corrected chi connectivity index (χ2v) is 7.06. The van der Waals surface area contributed by atoms with E-state index in [-0.39, 0.29) is 24.9 Å². The van der Waals surface area contributed by atoms with Crippen molar-refractivity contribution in [3.05, 3.63) is 52.8 Å². The van der Waals surface area contributed by atoms with Gasteiger partial charge in [-0.25, -0.2) is 0 Å². The van der Waals surface area contributed by atoms with Crippen molar-refractivity contribution < 1.29 is 22.8 Å². The fourth-order valence-electron chi connectivity index (χ4n) is 3.15. The normalized spacial score (nSPS) is 12.0. The van der Waals surface area contributed by atoms with E-state index in [2.05, 4.69) is 0 Å². The number of aryl methyl sites for hydroxylation is 1. The largest absolute Gasteiger partial charge is 0.416 e. The molecule has 2 rings (SSSR count). The molecule has 0 aliphatic rings. The van der Waals surface area contributed by atoms with Gasteiger partial charge in [0.1, 0.15) is 0 Å². The molecule has 0 bridgehead atoms. The predicted octanol–water partition coefficient (Wildman–Crippen LogP) is 3.49. The summed E-state index contributed by atoms with van der Waals surface area (Å²) in [5.41, 5.74) is 6.42. The fourth-order valence-corrected chi connectivity index (χ4v) is 3.15. The van der Waals surface area contributed by atoms with Gasteiger partial charge in [0.2, 0.25) is 5.91 Å². The van der Waals surface area contributed by atoms with Gasteiger partial charge in [0.05, 0.1) is 18.7 Å². The summed E-state index contributed by atoms with van der Waals surface area (Å²) in [5.74, 6) is -0.753. The summed E-state index contributed by atoms with van der Waals surface area (Å²) in [6, 6.07) is 6.56. The lowest BCUT2D eigenvalue weighted by atomic mass is 10.1. The molecule has 0 spiro atoms. The molecule has 1 heterocycles. The molecular weight excluding hydrogens is 371 g/mol. The highest BCUT2D eigenvalue weighted by Crippen LogP contribution is 2.31. The van der Waals surface area contributed by atoms with Crippen LogP contribution < -0.4 is 5.73 Å². The molecule has 0 aliphatic carbocycles. The van der Waals surface area contributed by atoms with Crippen LogP contribution in [0.5, 0.6) is 0 Å². The van der Waals surface area contributed by atoms with Gasteiger partial charge in [0, 0.05) is 28.7 Å². The maximum absolute atomic E-state index is 13.0. The lowest BCUT2D eigenvalue weighted by molar-refractivity contribution is -0.137. The Morgan fingerprint density at radius 1 is 1.14 bits per heavy atom.